The number of benzene rings is 1. The number of rotatable bonds is 8. The van der Waals surface area contributed by atoms with Gasteiger partial charge in [-0.3, -0.25) is 14.6 Å². The molecule has 1 aliphatic heterocycles. The van der Waals surface area contributed by atoms with E-state index >= 15 is 0 Å². The van der Waals surface area contributed by atoms with Crippen molar-refractivity contribution in [2.24, 2.45) is 0 Å². The van der Waals surface area contributed by atoms with Crippen LogP contribution in [-0.2, 0) is 11.3 Å². The van der Waals surface area contributed by atoms with E-state index in [0.717, 1.165) is 38.0 Å². The van der Waals surface area contributed by atoms with Crippen LogP contribution in [0.1, 0.15) is 35.3 Å². The van der Waals surface area contributed by atoms with E-state index in [1.54, 1.807) is 6.20 Å². The lowest BCUT2D eigenvalue weighted by Gasteiger charge is -2.31. The molecule has 0 spiro atoms. The van der Waals surface area contributed by atoms with Crippen LogP contribution >= 0.6 is 24.2 Å². The number of Topliss-reactive ketones (excluding diaryl/α,β-unsaturated/α-hetero) is 1. The van der Waals surface area contributed by atoms with Gasteiger partial charge in [0.2, 0.25) is 5.91 Å². The Morgan fingerprint density at radius 2 is 1.83 bits per heavy atom. The van der Waals surface area contributed by atoms with Crippen LogP contribution in [0.4, 0.5) is 0 Å². The average molecular weight is 434 g/mol. The summed E-state index contributed by atoms with van der Waals surface area (Å²) in [5.41, 5.74) is 1.60. The Morgan fingerprint density at radius 1 is 1.03 bits per heavy atom. The third kappa shape index (κ3) is 7.46. The topological polar surface area (TPSA) is 62.3 Å². The van der Waals surface area contributed by atoms with Gasteiger partial charge in [-0.05, 0) is 44.5 Å². The Kier molecular flexibility index (Phi) is 10.2. The summed E-state index contributed by atoms with van der Waals surface area (Å²) in [4.78, 5) is 31.7. The number of nitrogens with zero attached hydrogens (tertiary/aromatic N) is 2. The first kappa shape index (κ1) is 23.4. The monoisotopic (exact) mass is 433 g/mol. The molecule has 0 bridgehead atoms. The standard InChI is InChI=1S/C22H27N3O2S.ClH/c26-21(18-7-2-1-3-8-18)16-28-17-22(27)25(15-19-9-4-5-13-24-19)20-10-6-12-23-14-11-20;/h1-5,7-9,13,20,23H,6,10-12,14-17H2;1H. The molecule has 1 aromatic carbocycles. The second-order valence-electron chi connectivity index (χ2n) is 6.96. The molecule has 0 radical (unpaired) electrons. The predicted molar refractivity (Wildman–Crippen MR) is 121 cm³/mol. The molecule has 0 saturated carbocycles. The molecule has 1 unspecified atom stereocenters. The summed E-state index contributed by atoms with van der Waals surface area (Å²) >= 11 is 1.40. The average Bonchev–Trinajstić information content (AvgIpc) is 3.02. The van der Waals surface area contributed by atoms with Gasteiger partial charge in [-0.2, -0.15) is 0 Å². The fourth-order valence-corrected chi connectivity index (χ4v) is 4.22. The van der Waals surface area contributed by atoms with Gasteiger partial charge in [-0.1, -0.05) is 36.4 Å². The molecule has 1 N–H and O–H groups in total. The van der Waals surface area contributed by atoms with Gasteiger partial charge in [-0.25, -0.2) is 0 Å². The number of halogens is 1. The number of ketones is 1. The van der Waals surface area contributed by atoms with Crippen LogP contribution in [0.3, 0.4) is 0 Å². The van der Waals surface area contributed by atoms with Crippen molar-refractivity contribution in [3.63, 3.8) is 0 Å². The van der Waals surface area contributed by atoms with Gasteiger partial charge in [-0.15, -0.1) is 24.2 Å². The maximum absolute atomic E-state index is 13.0. The van der Waals surface area contributed by atoms with Crippen LogP contribution in [0.2, 0.25) is 0 Å². The summed E-state index contributed by atoms with van der Waals surface area (Å²) in [5, 5.41) is 3.41. The fourth-order valence-electron chi connectivity index (χ4n) is 3.42. The molecule has 7 heteroatoms. The molecule has 5 nitrogen and oxygen atoms in total. The SMILES string of the molecule is Cl.O=C(CSCC(=O)N(Cc1ccccn1)C1CCCNCC1)c1ccccc1. The number of pyridine rings is 1. The summed E-state index contributed by atoms with van der Waals surface area (Å²) in [6.07, 6.45) is 4.78. The Balaban J connectivity index is 0.00000300. The number of amides is 1. The maximum atomic E-state index is 13.0. The number of carbonyl (C=O) groups excluding carboxylic acids is 2. The van der Waals surface area contributed by atoms with Gasteiger partial charge >= 0.3 is 0 Å². The number of carbonyl (C=O) groups is 2. The predicted octanol–water partition coefficient (Wildman–Crippen LogP) is 3.59. The minimum atomic E-state index is 0. The van der Waals surface area contributed by atoms with Crippen molar-refractivity contribution >= 4 is 35.9 Å². The van der Waals surface area contributed by atoms with E-state index in [4.69, 9.17) is 0 Å². The molecule has 29 heavy (non-hydrogen) atoms. The van der Waals surface area contributed by atoms with Crippen LogP contribution in [0, 0.1) is 0 Å². The zero-order valence-electron chi connectivity index (χ0n) is 16.5. The summed E-state index contributed by atoms with van der Waals surface area (Å²) in [6, 6.07) is 15.3. The van der Waals surface area contributed by atoms with Gasteiger partial charge in [0.05, 0.1) is 23.7 Å². The Bertz CT molecular complexity index is 753. The van der Waals surface area contributed by atoms with Crippen molar-refractivity contribution < 1.29 is 9.59 Å². The third-order valence-electron chi connectivity index (χ3n) is 4.92. The second kappa shape index (κ2) is 12.6. The Morgan fingerprint density at radius 3 is 2.59 bits per heavy atom. The molecule has 1 amide bonds. The van der Waals surface area contributed by atoms with E-state index in [-0.39, 0.29) is 30.1 Å². The molecule has 1 fully saturated rings. The normalized spacial score (nSPS) is 16.3. The molecule has 2 heterocycles. The summed E-state index contributed by atoms with van der Waals surface area (Å²) in [7, 11) is 0. The van der Waals surface area contributed by atoms with E-state index in [2.05, 4.69) is 10.3 Å². The number of aromatic nitrogens is 1. The lowest BCUT2D eigenvalue weighted by atomic mass is 10.1. The lowest BCUT2D eigenvalue weighted by molar-refractivity contribution is -0.131. The highest BCUT2D eigenvalue weighted by Gasteiger charge is 2.25. The number of nitrogens with one attached hydrogen (secondary N) is 1. The largest absolute Gasteiger partial charge is 0.333 e. The van der Waals surface area contributed by atoms with Crippen molar-refractivity contribution in [2.45, 2.75) is 31.8 Å². The van der Waals surface area contributed by atoms with Crippen LogP contribution in [-0.4, -0.2) is 52.2 Å². The highest BCUT2D eigenvalue weighted by Crippen LogP contribution is 2.18. The quantitative estimate of drug-likeness (QED) is 0.644. The first-order chi connectivity index (χ1) is 13.7. The van der Waals surface area contributed by atoms with Crippen molar-refractivity contribution in [3.05, 3.63) is 66.0 Å². The van der Waals surface area contributed by atoms with Crippen LogP contribution in [0.15, 0.2) is 54.7 Å². The Hall–Kier alpha value is -1.89. The minimum absolute atomic E-state index is 0. The number of hydrogen-bond acceptors (Lipinski definition) is 5. The summed E-state index contributed by atoms with van der Waals surface area (Å²) in [5.74, 6) is 0.783. The molecule has 3 rings (SSSR count). The zero-order chi connectivity index (χ0) is 19.6. The maximum Gasteiger partial charge on any atom is 0.233 e. The molecule has 156 valence electrons. The first-order valence-corrected chi connectivity index (χ1v) is 11.0. The van der Waals surface area contributed by atoms with Gasteiger partial charge in [0.25, 0.3) is 0 Å². The van der Waals surface area contributed by atoms with Crippen LogP contribution < -0.4 is 5.32 Å². The van der Waals surface area contributed by atoms with Gasteiger partial charge in [0.15, 0.2) is 5.78 Å². The van der Waals surface area contributed by atoms with Gasteiger partial charge in [0, 0.05) is 17.8 Å². The lowest BCUT2D eigenvalue weighted by Crippen LogP contribution is -2.41. The van der Waals surface area contributed by atoms with E-state index in [1.165, 1.54) is 11.8 Å². The van der Waals surface area contributed by atoms with Gasteiger partial charge in [0.1, 0.15) is 0 Å². The molecule has 0 aliphatic carbocycles. The van der Waals surface area contributed by atoms with Crippen molar-refractivity contribution in [3.8, 4) is 0 Å². The van der Waals surface area contributed by atoms with E-state index in [1.807, 2.05) is 53.4 Å². The van der Waals surface area contributed by atoms with E-state index in [0.29, 0.717) is 23.6 Å². The van der Waals surface area contributed by atoms with Gasteiger partial charge < -0.3 is 10.2 Å². The highest BCUT2D eigenvalue weighted by molar-refractivity contribution is 8.00. The van der Waals surface area contributed by atoms with Crippen molar-refractivity contribution in [1.29, 1.82) is 0 Å². The van der Waals surface area contributed by atoms with E-state index < -0.39 is 0 Å². The number of hydrogen-bond donors (Lipinski definition) is 1. The molecular weight excluding hydrogens is 406 g/mol. The molecule has 1 atom stereocenters. The molecular formula is C22H28ClN3O2S. The second-order valence-corrected chi connectivity index (χ2v) is 7.95. The zero-order valence-corrected chi connectivity index (χ0v) is 18.1. The van der Waals surface area contributed by atoms with Crippen LogP contribution in [0.25, 0.3) is 0 Å². The molecule has 1 saturated heterocycles. The minimum Gasteiger partial charge on any atom is -0.333 e. The Labute approximate surface area is 183 Å². The molecule has 1 aliphatic rings. The third-order valence-corrected chi connectivity index (χ3v) is 5.84. The van der Waals surface area contributed by atoms with E-state index in [9.17, 15) is 9.59 Å². The fraction of sp³-hybridized carbons (Fsp3) is 0.409. The van der Waals surface area contributed by atoms with Crippen molar-refractivity contribution in [1.82, 2.24) is 15.2 Å². The highest BCUT2D eigenvalue weighted by atomic mass is 35.5. The summed E-state index contributed by atoms with van der Waals surface area (Å²) in [6.45, 7) is 2.45. The molecule has 2 aromatic rings. The molecule has 1 aromatic heterocycles. The van der Waals surface area contributed by atoms with Crippen LogP contribution in [0.5, 0.6) is 0 Å². The van der Waals surface area contributed by atoms with Crippen molar-refractivity contribution in [2.75, 3.05) is 24.6 Å². The summed E-state index contributed by atoms with van der Waals surface area (Å²) < 4.78 is 0. The smallest absolute Gasteiger partial charge is 0.233 e. The number of thioether (sulfide) groups is 1. The first-order valence-electron chi connectivity index (χ1n) is 9.80.